The van der Waals surface area contributed by atoms with Crippen LogP contribution in [-0.2, 0) is 19.1 Å². The quantitative estimate of drug-likeness (QED) is 0.0797. The topological polar surface area (TPSA) is 80.7 Å². The zero-order valence-corrected chi connectivity index (χ0v) is 27.2. The Balaban J connectivity index is 2.62. The Morgan fingerprint density at radius 1 is 1.07 bits per heavy atom. The first-order chi connectivity index (χ1) is 19.2. The highest BCUT2D eigenvalue weighted by Gasteiger charge is 2.29. The van der Waals surface area contributed by atoms with Crippen molar-refractivity contribution >= 4 is 30.2 Å². The molecule has 1 aliphatic rings. The van der Waals surface area contributed by atoms with E-state index in [4.69, 9.17) is 4.74 Å². The molecule has 5 nitrogen and oxygen atoms in total. The van der Waals surface area contributed by atoms with E-state index in [2.05, 4.69) is 31.7 Å². The van der Waals surface area contributed by atoms with Gasteiger partial charge in [-0.1, -0.05) is 87.8 Å². The summed E-state index contributed by atoms with van der Waals surface area (Å²) in [6, 6.07) is 0. The number of aliphatic hydroxyl groups is 1. The largest absolute Gasteiger partial charge is 0.454 e. The number of carbonyl (C=O) groups is 3. The molecule has 0 radical (unpaired) electrons. The standard InChI is InChI=1S/C35H52O5S/c1-23(19-25(3)14-16-32-27(5)15-17-33(37)40-32)11-9-12-24(2)20-28(6)34(38)30(8)35(39)29(7)21-26(4)22-31(36)13-10-18-41/h9,12,14-17,19-20,22-23,27-30,32,35,39,41H,10-11,13,18,21H2,1-8H3/b12-9+,16-14+,24-20+,25-19-,26-22+/t23-,27+,28-,29+,30-,32+,35-/m1/s1. The molecule has 1 N–H and O–H groups in total. The van der Waals surface area contributed by atoms with Gasteiger partial charge < -0.3 is 9.84 Å². The third kappa shape index (κ3) is 14.3. The molecule has 6 heteroatoms. The van der Waals surface area contributed by atoms with E-state index >= 15 is 0 Å². The highest BCUT2D eigenvalue weighted by atomic mass is 32.1. The first-order valence-corrected chi connectivity index (χ1v) is 15.5. The number of ketones is 2. The van der Waals surface area contributed by atoms with Gasteiger partial charge in [-0.2, -0.15) is 12.6 Å². The van der Waals surface area contributed by atoms with Crippen molar-refractivity contribution < 1.29 is 24.2 Å². The number of thiol groups is 1. The van der Waals surface area contributed by atoms with Crippen LogP contribution in [0.25, 0.3) is 0 Å². The van der Waals surface area contributed by atoms with Gasteiger partial charge in [-0.05, 0) is 69.8 Å². The summed E-state index contributed by atoms with van der Waals surface area (Å²) >= 11 is 4.14. The van der Waals surface area contributed by atoms with Gasteiger partial charge in [-0.15, -0.1) is 0 Å². The summed E-state index contributed by atoms with van der Waals surface area (Å²) in [6.07, 6.45) is 18.9. The van der Waals surface area contributed by atoms with E-state index in [1.807, 2.05) is 71.9 Å². The van der Waals surface area contributed by atoms with Crippen molar-refractivity contribution in [2.24, 2.45) is 29.6 Å². The van der Waals surface area contributed by atoms with E-state index in [0.717, 1.165) is 29.6 Å². The lowest BCUT2D eigenvalue weighted by atomic mass is 9.82. The molecule has 0 fully saturated rings. The number of hydrogen-bond acceptors (Lipinski definition) is 6. The molecule has 0 saturated heterocycles. The molecule has 0 spiro atoms. The van der Waals surface area contributed by atoms with Gasteiger partial charge in [0.05, 0.1) is 6.10 Å². The van der Waals surface area contributed by atoms with Crippen molar-refractivity contribution in [3.05, 3.63) is 71.4 Å². The summed E-state index contributed by atoms with van der Waals surface area (Å²) in [5, 5.41) is 10.9. The minimum atomic E-state index is -0.778. The first kappa shape index (κ1) is 36.6. The van der Waals surface area contributed by atoms with Gasteiger partial charge in [0.1, 0.15) is 11.9 Å². The van der Waals surface area contributed by atoms with Crippen molar-refractivity contribution in [1.29, 1.82) is 0 Å². The Morgan fingerprint density at radius 3 is 2.39 bits per heavy atom. The predicted molar refractivity (Wildman–Crippen MR) is 173 cm³/mol. The first-order valence-electron chi connectivity index (χ1n) is 14.9. The second-order valence-electron chi connectivity index (χ2n) is 11.9. The van der Waals surface area contributed by atoms with Crippen LogP contribution < -0.4 is 0 Å². The Labute approximate surface area is 254 Å². The molecule has 0 saturated carbocycles. The predicted octanol–water partition coefficient (Wildman–Crippen LogP) is 7.59. The Hall–Kier alpha value is -2.44. The fraction of sp³-hybridized carbons (Fsp3) is 0.571. The number of ether oxygens (including phenoxy) is 1. The van der Waals surface area contributed by atoms with Crippen molar-refractivity contribution in [2.45, 2.75) is 93.3 Å². The van der Waals surface area contributed by atoms with Crippen LogP contribution in [0.1, 0.15) is 81.1 Å². The molecule has 7 atom stereocenters. The maximum Gasteiger partial charge on any atom is 0.331 e. The molecule has 41 heavy (non-hydrogen) atoms. The van der Waals surface area contributed by atoms with Gasteiger partial charge in [0, 0.05) is 30.3 Å². The van der Waals surface area contributed by atoms with Crippen molar-refractivity contribution in [3.8, 4) is 0 Å². The van der Waals surface area contributed by atoms with Crippen molar-refractivity contribution in [2.75, 3.05) is 5.75 Å². The smallest absolute Gasteiger partial charge is 0.331 e. The highest BCUT2D eigenvalue weighted by molar-refractivity contribution is 7.80. The third-order valence-electron chi connectivity index (χ3n) is 7.43. The van der Waals surface area contributed by atoms with Crippen LogP contribution in [0, 0.1) is 29.6 Å². The van der Waals surface area contributed by atoms with Gasteiger partial charge in [-0.3, -0.25) is 9.59 Å². The van der Waals surface area contributed by atoms with Crippen LogP contribution >= 0.6 is 12.6 Å². The number of Topliss-reactive ketones (excluding diaryl/α,β-unsaturated/α-hetero) is 1. The Kier molecular flexibility index (Phi) is 16.9. The lowest BCUT2D eigenvalue weighted by Gasteiger charge is -2.25. The monoisotopic (exact) mass is 584 g/mol. The van der Waals surface area contributed by atoms with Gasteiger partial charge in [-0.25, -0.2) is 4.79 Å². The number of aliphatic hydroxyl groups excluding tert-OH is 1. The van der Waals surface area contributed by atoms with Crippen LogP contribution in [-0.4, -0.2) is 40.6 Å². The fourth-order valence-corrected chi connectivity index (χ4v) is 5.18. The van der Waals surface area contributed by atoms with Gasteiger partial charge in [0.15, 0.2) is 5.78 Å². The van der Waals surface area contributed by atoms with Crippen LogP contribution in [0.2, 0.25) is 0 Å². The summed E-state index contributed by atoms with van der Waals surface area (Å²) in [7, 11) is 0. The van der Waals surface area contributed by atoms with Gasteiger partial charge >= 0.3 is 5.97 Å². The summed E-state index contributed by atoms with van der Waals surface area (Å²) in [4.78, 5) is 36.6. The third-order valence-corrected chi connectivity index (χ3v) is 7.75. The second-order valence-corrected chi connectivity index (χ2v) is 12.3. The number of hydrogen-bond donors (Lipinski definition) is 2. The Morgan fingerprint density at radius 2 is 1.73 bits per heavy atom. The molecular weight excluding hydrogens is 532 g/mol. The highest BCUT2D eigenvalue weighted by Crippen LogP contribution is 2.24. The van der Waals surface area contributed by atoms with Crippen LogP contribution in [0.3, 0.4) is 0 Å². The molecule has 0 amide bonds. The van der Waals surface area contributed by atoms with E-state index in [1.165, 1.54) is 6.08 Å². The summed E-state index contributed by atoms with van der Waals surface area (Å²) in [5.41, 5.74) is 3.04. The summed E-state index contributed by atoms with van der Waals surface area (Å²) in [6.45, 7) is 15.7. The van der Waals surface area contributed by atoms with Gasteiger partial charge in [0.25, 0.3) is 0 Å². The average Bonchev–Trinajstić information content (AvgIpc) is 2.90. The molecule has 1 rings (SSSR count). The SMILES string of the molecule is CC(=C/[C@H](C)C/C=C/C(C)=C/[C@@H](C)C(=O)[C@@H](C)[C@H](O)[C@@H](C)C/C(C)=C/C(=O)CCCS)/C=C/[C@@H]1OC(=O)C=C[C@@H]1C. The van der Waals surface area contributed by atoms with Crippen molar-refractivity contribution in [1.82, 2.24) is 0 Å². The normalized spacial score (nSPS) is 22.5. The molecule has 0 aromatic rings. The molecular formula is C35H52O5S. The number of cyclic esters (lactones) is 1. The maximum atomic E-state index is 13.1. The van der Waals surface area contributed by atoms with Crippen LogP contribution in [0.15, 0.2) is 71.4 Å². The minimum absolute atomic E-state index is 0.00996. The van der Waals surface area contributed by atoms with E-state index in [0.29, 0.717) is 24.5 Å². The lowest BCUT2D eigenvalue weighted by molar-refractivity contribution is -0.143. The lowest BCUT2D eigenvalue weighted by Crippen LogP contribution is -2.34. The molecule has 1 heterocycles. The van der Waals surface area contributed by atoms with Gasteiger partial charge in [0.2, 0.25) is 0 Å². The average molecular weight is 585 g/mol. The molecule has 0 unspecified atom stereocenters. The number of allylic oxidation sites excluding steroid dienone is 9. The second kappa shape index (κ2) is 18.9. The minimum Gasteiger partial charge on any atom is -0.454 e. The zero-order chi connectivity index (χ0) is 31.1. The molecule has 0 aromatic carbocycles. The van der Waals surface area contributed by atoms with E-state index in [9.17, 15) is 19.5 Å². The zero-order valence-electron chi connectivity index (χ0n) is 26.3. The summed E-state index contributed by atoms with van der Waals surface area (Å²) in [5.74, 6) is 0.00655. The van der Waals surface area contributed by atoms with Crippen LogP contribution in [0.5, 0.6) is 0 Å². The number of rotatable bonds is 17. The molecule has 0 aromatic heterocycles. The van der Waals surface area contributed by atoms with E-state index in [-0.39, 0.29) is 41.4 Å². The fourth-order valence-electron chi connectivity index (χ4n) is 5.02. The molecule has 0 bridgehead atoms. The number of esters is 1. The number of carbonyl (C=O) groups excluding carboxylic acids is 3. The Bertz CT molecular complexity index is 1060. The van der Waals surface area contributed by atoms with E-state index in [1.54, 1.807) is 13.0 Å². The van der Waals surface area contributed by atoms with E-state index < -0.39 is 12.0 Å². The van der Waals surface area contributed by atoms with Crippen LogP contribution in [0.4, 0.5) is 0 Å². The molecule has 0 aliphatic carbocycles. The summed E-state index contributed by atoms with van der Waals surface area (Å²) < 4.78 is 5.36. The van der Waals surface area contributed by atoms with Crippen molar-refractivity contribution in [3.63, 3.8) is 0 Å². The molecule has 1 aliphatic heterocycles. The molecule has 228 valence electrons. The maximum absolute atomic E-state index is 13.1.